The Labute approximate surface area is 126 Å². The molecule has 1 aliphatic rings. The summed E-state index contributed by atoms with van der Waals surface area (Å²) in [6.45, 7) is 0. The summed E-state index contributed by atoms with van der Waals surface area (Å²) >= 11 is 0. The second kappa shape index (κ2) is 5.14. The molecule has 1 amide bonds. The summed E-state index contributed by atoms with van der Waals surface area (Å²) in [5, 5.41) is 20.6. The van der Waals surface area contributed by atoms with E-state index in [0.717, 1.165) is 0 Å². The maximum absolute atomic E-state index is 12.0. The topological polar surface area (TPSA) is 129 Å². The monoisotopic (exact) mass is 295 g/mol. The van der Waals surface area contributed by atoms with Crippen LogP contribution < -0.4 is 11.1 Å². The quantitative estimate of drug-likeness (QED) is 0.856. The van der Waals surface area contributed by atoms with E-state index in [-0.39, 0.29) is 6.42 Å². The van der Waals surface area contributed by atoms with Crippen LogP contribution in [0.15, 0.2) is 22.6 Å². The number of carbonyl (C=O) groups is 1. The standard InChI is InChI=1S/C15H13N5O2/c16-7-9-2-1-3-11-13(9)22-12(19-11)6-10(18)14(21)20-15(8-17)4-5-15/h1-3,10H,4-6,18H2,(H,20,21). The molecule has 3 N–H and O–H groups in total. The fraction of sp³-hybridized carbons (Fsp3) is 0.333. The number of aromatic nitrogens is 1. The second-order valence-electron chi connectivity index (χ2n) is 5.37. The minimum Gasteiger partial charge on any atom is -0.439 e. The van der Waals surface area contributed by atoms with Crippen molar-refractivity contribution in [3.63, 3.8) is 0 Å². The molecule has 22 heavy (non-hydrogen) atoms. The van der Waals surface area contributed by atoms with E-state index < -0.39 is 17.5 Å². The van der Waals surface area contributed by atoms with Gasteiger partial charge in [0.2, 0.25) is 5.91 Å². The molecule has 2 aromatic rings. The highest BCUT2D eigenvalue weighted by Gasteiger charge is 2.45. The maximum atomic E-state index is 12.0. The van der Waals surface area contributed by atoms with Crippen LogP contribution in [0.5, 0.6) is 0 Å². The van der Waals surface area contributed by atoms with Crippen molar-refractivity contribution in [1.82, 2.24) is 10.3 Å². The molecule has 1 fully saturated rings. The first-order valence-corrected chi connectivity index (χ1v) is 6.84. The zero-order valence-corrected chi connectivity index (χ0v) is 11.7. The number of hydrogen-bond donors (Lipinski definition) is 2. The molecule has 0 saturated heterocycles. The molecule has 1 aromatic heterocycles. The number of fused-ring (bicyclic) bond motifs is 1. The molecular formula is C15H13N5O2. The van der Waals surface area contributed by atoms with Gasteiger partial charge >= 0.3 is 0 Å². The molecule has 1 aliphatic carbocycles. The Morgan fingerprint density at radius 3 is 2.91 bits per heavy atom. The molecule has 7 heteroatoms. The maximum Gasteiger partial charge on any atom is 0.238 e. The van der Waals surface area contributed by atoms with Gasteiger partial charge < -0.3 is 15.5 Å². The first kappa shape index (κ1) is 14.1. The van der Waals surface area contributed by atoms with Crippen LogP contribution in [0.25, 0.3) is 11.1 Å². The summed E-state index contributed by atoms with van der Waals surface area (Å²) in [5.41, 5.74) is 6.43. The lowest BCUT2D eigenvalue weighted by molar-refractivity contribution is -0.123. The van der Waals surface area contributed by atoms with Gasteiger partial charge in [-0.1, -0.05) is 6.07 Å². The Balaban J connectivity index is 1.74. The van der Waals surface area contributed by atoms with Gasteiger partial charge in [-0.2, -0.15) is 10.5 Å². The molecular weight excluding hydrogens is 282 g/mol. The van der Waals surface area contributed by atoms with Crippen LogP contribution >= 0.6 is 0 Å². The first-order valence-electron chi connectivity index (χ1n) is 6.84. The van der Waals surface area contributed by atoms with Crippen LogP contribution in [-0.4, -0.2) is 22.5 Å². The number of hydrogen-bond acceptors (Lipinski definition) is 6. The average Bonchev–Trinajstić information content (AvgIpc) is 3.17. The smallest absolute Gasteiger partial charge is 0.238 e. The molecule has 0 aliphatic heterocycles. The highest BCUT2D eigenvalue weighted by atomic mass is 16.3. The number of rotatable bonds is 4. The van der Waals surface area contributed by atoms with Crippen molar-refractivity contribution in [3.8, 4) is 12.1 Å². The van der Waals surface area contributed by atoms with Gasteiger partial charge in [0.15, 0.2) is 11.5 Å². The molecule has 110 valence electrons. The zero-order valence-electron chi connectivity index (χ0n) is 11.7. The number of nitrogens with two attached hydrogens (primary N) is 1. The van der Waals surface area contributed by atoms with Crippen molar-refractivity contribution >= 4 is 17.0 Å². The molecule has 1 unspecified atom stereocenters. The molecule has 0 spiro atoms. The minimum atomic E-state index is -0.857. The molecule has 1 atom stereocenters. The third-order valence-electron chi connectivity index (χ3n) is 3.64. The predicted molar refractivity (Wildman–Crippen MR) is 76.1 cm³/mol. The summed E-state index contributed by atoms with van der Waals surface area (Å²) < 4.78 is 5.52. The Kier molecular flexibility index (Phi) is 3.28. The van der Waals surface area contributed by atoms with Gasteiger partial charge in [0.05, 0.1) is 17.7 Å². The highest BCUT2D eigenvalue weighted by Crippen LogP contribution is 2.34. The Bertz CT molecular complexity index is 823. The lowest BCUT2D eigenvalue weighted by atomic mass is 10.2. The summed E-state index contributed by atoms with van der Waals surface area (Å²) in [6, 6.07) is 8.32. The van der Waals surface area contributed by atoms with E-state index in [1.54, 1.807) is 18.2 Å². The van der Waals surface area contributed by atoms with Gasteiger partial charge in [0.25, 0.3) is 0 Å². The first-order chi connectivity index (χ1) is 10.6. The number of amides is 1. The number of nitriles is 2. The largest absolute Gasteiger partial charge is 0.439 e. The molecule has 3 rings (SSSR count). The normalized spacial score (nSPS) is 16.5. The third-order valence-corrected chi connectivity index (χ3v) is 3.64. The number of carbonyl (C=O) groups excluding carboxylic acids is 1. The van der Waals surface area contributed by atoms with Crippen LogP contribution in [0.3, 0.4) is 0 Å². The fourth-order valence-corrected chi connectivity index (χ4v) is 2.17. The van der Waals surface area contributed by atoms with E-state index in [9.17, 15) is 4.79 Å². The number of nitrogens with one attached hydrogen (secondary N) is 1. The zero-order chi connectivity index (χ0) is 15.7. The van der Waals surface area contributed by atoms with Crippen molar-refractivity contribution in [2.24, 2.45) is 5.73 Å². The SMILES string of the molecule is N#Cc1cccc2nc(CC(N)C(=O)NC3(C#N)CC3)oc12. The average molecular weight is 295 g/mol. The van der Waals surface area contributed by atoms with E-state index in [0.29, 0.717) is 35.4 Å². The molecule has 7 nitrogen and oxygen atoms in total. The van der Waals surface area contributed by atoms with Gasteiger partial charge in [-0.15, -0.1) is 0 Å². The van der Waals surface area contributed by atoms with Crippen molar-refractivity contribution in [2.75, 3.05) is 0 Å². The van der Waals surface area contributed by atoms with Gasteiger partial charge in [-0.3, -0.25) is 4.79 Å². The Hall–Kier alpha value is -2.90. The van der Waals surface area contributed by atoms with Crippen LogP contribution in [0.2, 0.25) is 0 Å². The highest BCUT2D eigenvalue weighted by molar-refractivity contribution is 5.83. The minimum absolute atomic E-state index is 0.104. The van der Waals surface area contributed by atoms with Gasteiger partial charge in [-0.25, -0.2) is 4.98 Å². The molecule has 0 bridgehead atoms. The summed E-state index contributed by atoms with van der Waals surface area (Å²) in [6.07, 6.45) is 1.40. The van der Waals surface area contributed by atoms with E-state index in [2.05, 4.69) is 16.4 Å². The van der Waals surface area contributed by atoms with E-state index in [4.69, 9.17) is 20.7 Å². The molecule has 0 radical (unpaired) electrons. The lowest BCUT2D eigenvalue weighted by Crippen LogP contribution is -2.47. The predicted octanol–water partition coefficient (Wildman–Crippen LogP) is 0.742. The van der Waals surface area contributed by atoms with Crippen LogP contribution in [-0.2, 0) is 11.2 Å². The summed E-state index contributed by atoms with van der Waals surface area (Å²) in [7, 11) is 0. The van der Waals surface area contributed by atoms with Gasteiger partial charge in [0, 0.05) is 6.42 Å². The second-order valence-corrected chi connectivity index (χ2v) is 5.37. The Morgan fingerprint density at radius 1 is 1.50 bits per heavy atom. The fourth-order valence-electron chi connectivity index (χ4n) is 2.17. The van der Waals surface area contributed by atoms with Crippen molar-refractivity contribution in [2.45, 2.75) is 30.8 Å². The molecule has 1 aromatic carbocycles. The van der Waals surface area contributed by atoms with Crippen LogP contribution in [0.4, 0.5) is 0 Å². The number of benzene rings is 1. The van der Waals surface area contributed by atoms with Crippen LogP contribution in [0.1, 0.15) is 24.3 Å². The van der Waals surface area contributed by atoms with Crippen molar-refractivity contribution in [3.05, 3.63) is 29.7 Å². The van der Waals surface area contributed by atoms with Crippen molar-refractivity contribution < 1.29 is 9.21 Å². The molecule has 1 saturated carbocycles. The number of oxazole rings is 1. The molecule has 1 heterocycles. The Morgan fingerprint density at radius 2 is 2.27 bits per heavy atom. The van der Waals surface area contributed by atoms with Gasteiger partial charge in [-0.05, 0) is 25.0 Å². The van der Waals surface area contributed by atoms with Crippen molar-refractivity contribution in [1.29, 1.82) is 10.5 Å². The van der Waals surface area contributed by atoms with Crippen LogP contribution in [0, 0.1) is 22.7 Å². The summed E-state index contributed by atoms with van der Waals surface area (Å²) in [4.78, 5) is 16.2. The number of nitrogens with zero attached hydrogens (tertiary/aromatic N) is 3. The van der Waals surface area contributed by atoms with Gasteiger partial charge in [0.1, 0.15) is 17.1 Å². The summed E-state index contributed by atoms with van der Waals surface area (Å²) in [5.74, 6) is -0.107. The van der Waals surface area contributed by atoms with E-state index in [1.807, 2.05) is 6.07 Å². The lowest BCUT2D eigenvalue weighted by Gasteiger charge is -2.13. The number of para-hydroxylation sites is 1. The third kappa shape index (κ3) is 2.50. The van der Waals surface area contributed by atoms with E-state index in [1.165, 1.54) is 0 Å². The van der Waals surface area contributed by atoms with E-state index >= 15 is 0 Å².